The second-order valence-electron chi connectivity index (χ2n) is 4.66. The van der Waals surface area contributed by atoms with E-state index in [1.54, 1.807) is 25.3 Å². The summed E-state index contributed by atoms with van der Waals surface area (Å²) in [6.07, 6.45) is 0. The van der Waals surface area contributed by atoms with E-state index in [1.807, 2.05) is 32.0 Å². The van der Waals surface area contributed by atoms with E-state index >= 15 is 0 Å². The number of phenols is 1. The van der Waals surface area contributed by atoms with Crippen LogP contribution in [-0.2, 0) is 0 Å². The lowest BCUT2D eigenvalue weighted by atomic mass is 10.1. The zero-order chi connectivity index (χ0) is 15.4. The molecule has 0 fully saturated rings. The van der Waals surface area contributed by atoms with Gasteiger partial charge in [-0.05, 0) is 43.7 Å². The number of hydrogen-bond donors (Lipinski definition) is 2. The first kappa shape index (κ1) is 15.2. The quantitative estimate of drug-likeness (QED) is 0.657. The van der Waals surface area contributed by atoms with Crippen molar-refractivity contribution in [1.82, 2.24) is 0 Å². The van der Waals surface area contributed by atoms with Gasteiger partial charge in [-0.1, -0.05) is 17.7 Å². The third kappa shape index (κ3) is 3.67. The van der Waals surface area contributed by atoms with E-state index in [2.05, 4.69) is 10.5 Å². The Hall–Kier alpha value is -2.20. The van der Waals surface area contributed by atoms with Gasteiger partial charge in [-0.25, -0.2) is 0 Å². The molecule has 0 saturated heterocycles. The molecule has 4 nitrogen and oxygen atoms in total. The average molecular weight is 305 g/mol. The summed E-state index contributed by atoms with van der Waals surface area (Å²) in [6, 6.07) is 10.7. The molecule has 0 radical (unpaired) electrons. The summed E-state index contributed by atoms with van der Waals surface area (Å²) in [5, 5.41) is 14.9. The van der Waals surface area contributed by atoms with Gasteiger partial charge in [0, 0.05) is 16.7 Å². The summed E-state index contributed by atoms with van der Waals surface area (Å²) in [6.45, 7) is 3.75. The molecule has 0 heterocycles. The first-order valence-electron chi connectivity index (χ1n) is 6.45. The molecule has 2 aromatic carbocycles. The Bertz CT molecular complexity index is 684. The number of ether oxygens (including phenoxy) is 1. The van der Waals surface area contributed by atoms with Gasteiger partial charge >= 0.3 is 0 Å². The highest BCUT2D eigenvalue weighted by molar-refractivity contribution is 6.31. The third-order valence-electron chi connectivity index (χ3n) is 3.12. The Morgan fingerprint density at radius 1 is 1.24 bits per heavy atom. The van der Waals surface area contributed by atoms with Crippen molar-refractivity contribution in [1.29, 1.82) is 0 Å². The number of rotatable bonds is 4. The zero-order valence-corrected chi connectivity index (χ0v) is 12.9. The maximum atomic E-state index is 9.96. The van der Waals surface area contributed by atoms with Crippen LogP contribution in [0.5, 0.6) is 11.5 Å². The van der Waals surface area contributed by atoms with Crippen LogP contribution >= 0.6 is 11.6 Å². The van der Waals surface area contributed by atoms with Gasteiger partial charge in [0.2, 0.25) is 0 Å². The Labute approximate surface area is 129 Å². The van der Waals surface area contributed by atoms with Crippen LogP contribution < -0.4 is 10.2 Å². The number of aromatic hydroxyl groups is 1. The number of benzene rings is 2. The molecule has 2 aromatic rings. The van der Waals surface area contributed by atoms with Gasteiger partial charge in [-0.15, -0.1) is 0 Å². The highest BCUT2D eigenvalue weighted by Gasteiger charge is 2.06. The summed E-state index contributed by atoms with van der Waals surface area (Å²) < 4.78 is 5.05. The van der Waals surface area contributed by atoms with Gasteiger partial charge in [0.1, 0.15) is 11.5 Å². The number of methoxy groups -OCH3 is 1. The molecule has 0 saturated carbocycles. The van der Waals surface area contributed by atoms with Crippen molar-refractivity contribution in [3.05, 3.63) is 52.5 Å². The molecule has 0 bridgehead atoms. The molecular formula is C16H17ClN2O2. The number of halogens is 1. The fourth-order valence-corrected chi connectivity index (χ4v) is 2.00. The second-order valence-corrected chi connectivity index (χ2v) is 5.06. The summed E-state index contributed by atoms with van der Waals surface area (Å²) >= 11 is 6.06. The molecule has 0 unspecified atom stereocenters. The number of phenolic OH excluding ortho intramolecular Hbond substituents is 1. The van der Waals surface area contributed by atoms with Gasteiger partial charge < -0.3 is 9.84 Å². The van der Waals surface area contributed by atoms with Crippen LogP contribution in [0.4, 0.5) is 5.69 Å². The topological polar surface area (TPSA) is 53.8 Å². The van der Waals surface area contributed by atoms with Crippen LogP contribution in [0, 0.1) is 6.92 Å². The van der Waals surface area contributed by atoms with Crippen molar-refractivity contribution in [3.8, 4) is 11.5 Å². The van der Waals surface area contributed by atoms with Crippen LogP contribution in [-0.4, -0.2) is 17.9 Å². The van der Waals surface area contributed by atoms with Crippen molar-refractivity contribution in [3.63, 3.8) is 0 Å². The molecule has 0 spiro atoms. The molecule has 0 aromatic heterocycles. The monoisotopic (exact) mass is 304 g/mol. The van der Waals surface area contributed by atoms with Gasteiger partial charge in [0.15, 0.2) is 0 Å². The standard InChI is InChI=1S/C16H17ClN2O2/c1-10-4-5-12(8-15(10)17)19-18-11(2)14-7-6-13(21-3)9-16(14)20/h4-9,19-20H,1-3H3/b18-11+. The first-order chi connectivity index (χ1) is 10.0. The largest absolute Gasteiger partial charge is 0.507 e. The predicted octanol–water partition coefficient (Wildman–Crippen LogP) is 4.20. The fraction of sp³-hybridized carbons (Fsp3) is 0.188. The van der Waals surface area contributed by atoms with E-state index < -0.39 is 0 Å². The molecule has 21 heavy (non-hydrogen) atoms. The summed E-state index contributed by atoms with van der Waals surface area (Å²) in [5.41, 5.74) is 6.03. The maximum absolute atomic E-state index is 9.96. The highest BCUT2D eigenvalue weighted by atomic mass is 35.5. The molecule has 110 valence electrons. The number of aryl methyl sites for hydroxylation is 1. The molecule has 2 rings (SSSR count). The second kappa shape index (κ2) is 6.50. The minimum atomic E-state index is 0.124. The first-order valence-corrected chi connectivity index (χ1v) is 6.83. The molecule has 2 N–H and O–H groups in total. The van der Waals surface area contributed by atoms with Crippen molar-refractivity contribution in [2.45, 2.75) is 13.8 Å². The molecule has 0 aliphatic heterocycles. The Morgan fingerprint density at radius 2 is 2.00 bits per heavy atom. The minimum absolute atomic E-state index is 0.124. The Morgan fingerprint density at radius 3 is 2.62 bits per heavy atom. The third-order valence-corrected chi connectivity index (χ3v) is 3.53. The lowest BCUT2D eigenvalue weighted by Crippen LogP contribution is -2.00. The van der Waals surface area contributed by atoms with E-state index in [9.17, 15) is 5.11 Å². The maximum Gasteiger partial charge on any atom is 0.128 e. The summed E-state index contributed by atoms with van der Waals surface area (Å²) in [4.78, 5) is 0. The lowest BCUT2D eigenvalue weighted by molar-refractivity contribution is 0.407. The normalized spacial score (nSPS) is 11.3. The van der Waals surface area contributed by atoms with E-state index in [0.717, 1.165) is 11.3 Å². The van der Waals surface area contributed by atoms with E-state index in [1.165, 1.54) is 0 Å². The lowest BCUT2D eigenvalue weighted by Gasteiger charge is -2.08. The van der Waals surface area contributed by atoms with Gasteiger partial charge in [0.25, 0.3) is 0 Å². The molecule has 5 heteroatoms. The number of nitrogens with zero attached hydrogens (tertiary/aromatic N) is 1. The van der Waals surface area contributed by atoms with Crippen LogP contribution in [0.1, 0.15) is 18.1 Å². The zero-order valence-electron chi connectivity index (χ0n) is 12.1. The van der Waals surface area contributed by atoms with Gasteiger partial charge in [0.05, 0.1) is 18.5 Å². The van der Waals surface area contributed by atoms with Crippen LogP contribution in [0.25, 0.3) is 0 Å². The van der Waals surface area contributed by atoms with Crippen LogP contribution in [0.2, 0.25) is 5.02 Å². The molecule has 0 aliphatic rings. The smallest absolute Gasteiger partial charge is 0.128 e. The number of anilines is 1. The molecule has 0 amide bonds. The van der Waals surface area contributed by atoms with E-state index in [-0.39, 0.29) is 5.75 Å². The van der Waals surface area contributed by atoms with Crippen molar-refractivity contribution in [2.75, 3.05) is 12.5 Å². The van der Waals surface area contributed by atoms with Gasteiger partial charge in [-0.2, -0.15) is 5.10 Å². The fourth-order valence-electron chi connectivity index (χ4n) is 1.82. The van der Waals surface area contributed by atoms with Gasteiger partial charge in [-0.3, -0.25) is 5.43 Å². The van der Waals surface area contributed by atoms with E-state index in [0.29, 0.717) is 22.0 Å². The van der Waals surface area contributed by atoms with E-state index in [4.69, 9.17) is 16.3 Å². The van der Waals surface area contributed by atoms with Crippen molar-refractivity contribution >= 4 is 23.0 Å². The SMILES string of the molecule is COc1ccc(/C(C)=N/Nc2ccc(C)c(Cl)c2)c(O)c1. The summed E-state index contributed by atoms with van der Waals surface area (Å²) in [5.74, 6) is 0.724. The predicted molar refractivity (Wildman–Crippen MR) is 86.7 cm³/mol. The van der Waals surface area contributed by atoms with Crippen molar-refractivity contribution in [2.24, 2.45) is 5.10 Å². The summed E-state index contributed by atoms with van der Waals surface area (Å²) in [7, 11) is 1.55. The molecular weight excluding hydrogens is 288 g/mol. The number of hydrogen-bond acceptors (Lipinski definition) is 4. The molecule has 0 atom stereocenters. The average Bonchev–Trinajstić information content (AvgIpc) is 2.48. The Kier molecular flexibility index (Phi) is 4.70. The Balaban J connectivity index is 2.19. The van der Waals surface area contributed by atoms with Crippen molar-refractivity contribution < 1.29 is 9.84 Å². The minimum Gasteiger partial charge on any atom is -0.507 e. The van der Waals surface area contributed by atoms with Crippen LogP contribution in [0.15, 0.2) is 41.5 Å². The highest BCUT2D eigenvalue weighted by Crippen LogP contribution is 2.24. The van der Waals surface area contributed by atoms with Crippen LogP contribution in [0.3, 0.4) is 0 Å². The number of hydrazone groups is 1. The number of nitrogens with one attached hydrogen (secondary N) is 1. The molecule has 0 aliphatic carbocycles.